The summed E-state index contributed by atoms with van der Waals surface area (Å²) in [6.07, 6.45) is 2.73. The van der Waals surface area contributed by atoms with Gasteiger partial charge in [-0.25, -0.2) is 0 Å². The van der Waals surface area contributed by atoms with Gasteiger partial charge in [0.15, 0.2) is 0 Å². The summed E-state index contributed by atoms with van der Waals surface area (Å²) in [5.74, 6) is -0.965. The number of nitrogens with zero attached hydrogens (tertiary/aromatic N) is 1. The van der Waals surface area contributed by atoms with E-state index in [1.165, 1.54) is 18.2 Å². The third kappa shape index (κ3) is 2.91. The zero-order valence-corrected chi connectivity index (χ0v) is 8.71. The maximum atomic E-state index is 10.7. The Hall–Kier alpha value is -2.17. The lowest BCUT2D eigenvalue weighted by Gasteiger charge is -2.00. The molecule has 0 amide bonds. The van der Waals surface area contributed by atoms with Crippen molar-refractivity contribution in [2.24, 2.45) is 0 Å². The molecule has 1 rings (SSSR count). The maximum Gasteiger partial charge on any atom is 0.307 e. The van der Waals surface area contributed by atoms with Crippen LogP contribution in [-0.2, 0) is 4.79 Å². The monoisotopic (exact) mass is 221 g/mol. The normalized spacial score (nSPS) is 10.6. The Morgan fingerprint density at radius 3 is 2.81 bits per heavy atom. The smallest absolute Gasteiger partial charge is 0.307 e. The van der Waals surface area contributed by atoms with Gasteiger partial charge in [-0.3, -0.25) is 14.9 Å². The summed E-state index contributed by atoms with van der Waals surface area (Å²) in [4.78, 5) is 20.6. The molecule has 1 aromatic rings. The first-order valence-electron chi connectivity index (χ1n) is 4.64. The summed E-state index contributed by atoms with van der Waals surface area (Å²) in [6.45, 7) is 1.74. The number of carbonyl (C=O) groups is 1. The third-order valence-electron chi connectivity index (χ3n) is 2.07. The van der Waals surface area contributed by atoms with E-state index in [4.69, 9.17) is 5.11 Å². The molecule has 0 atom stereocenters. The van der Waals surface area contributed by atoms with Crippen LogP contribution in [0.15, 0.2) is 24.3 Å². The van der Waals surface area contributed by atoms with Crippen LogP contribution in [0.3, 0.4) is 0 Å². The molecule has 0 heterocycles. The quantitative estimate of drug-likeness (QED) is 0.625. The lowest BCUT2D eigenvalue weighted by molar-refractivity contribution is -0.385. The van der Waals surface area contributed by atoms with Gasteiger partial charge in [-0.05, 0) is 12.5 Å². The minimum absolute atomic E-state index is 0.0124. The summed E-state index contributed by atoms with van der Waals surface area (Å²) in [6, 6.07) is 4.74. The van der Waals surface area contributed by atoms with Crippen LogP contribution >= 0.6 is 0 Å². The van der Waals surface area contributed by atoms with Crippen LogP contribution in [0, 0.1) is 17.0 Å². The molecule has 5 heteroatoms. The van der Waals surface area contributed by atoms with Crippen molar-refractivity contribution < 1.29 is 14.8 Å². The molecule has 0 saturated carbocycles. The standard InChI is InChI=1S/C11H11NO4/c1-8-4-2-6-10(12(15)16)9(8)5-3-7-11(13)14/h2-6H,7H2,1H3,(H,13,14). The first-order valence-corrected chi connectivity index (χ1v) is 4.64. The predicted octanol–water partition coefficient (Wildman–Crippen LogP) is 2.39. The van der Waals surface area contributed by atoms with Crippen LogP contribution in [0.2, 0.25) is 0 Å². The van der Waals surface area contributed by atoms with Gasteiger partial charge in [0.2, 0.25) is 0 Å². The Morgan fingerprint density at radius 2 is 2.25 bits per heavy atom. The maximum absolute atomic E-state index is 10.7. The fourth-order valence-electron chi connectivity index (χ4n) is 1.32. The van der Waals surface area contributed by atoms with E-state index in [2.05, 4.69) is 0 Å². The van der Waals surface area contributed by atoms with E-state index >= 15 is 0 Å². The van der Waals surface area contributed by atoms with Gasteiger partial charge in [0, 0.05) is 6.07 Å². The number of rotatable bonds is 4. The van der Waals surface area contributed by atoms with Crippen LogP contribution in [0.1, 0.15) is 17.5 Å². The highest BCUT2D eigenvalue weighted by Crippen LogP contribution is 2.23. The number of nitro groups is 1. The van der Waals surface area contributed by atoms with E-state index in [0.717, 1.165) is 5.56 Å². The number of benzene rings is 1. The summed E-state index contributed by atoms with van der Waals surface area (Å²) >= 11 is 0. The number of carboxylic acid groups (broad SMARTS) is 1. The van der Waals surface area contributed by atoms with E-state index in [9.17, 15) is 14.9 Å². The van der Waals surface area contributed by atoms with E-state index < -0.39 is 10.9 Å². The molecular weight excluding hydrogens is 210 g/mol. The number of hydrogen-bond donors (Lipinski definition) is 1. The van der Waals surface area contributed by atoms with Crippen LogP contribution in [0.25, 0.3) is 6.08 Å². The first kappa shape index (κ1) is 11.9. The van der Waals surface area contributed by atoms with Crippen molar-refractivity contribution >= 4 is 17.7 Å². The second kappa shape index (κ2) is 5.06. The second-order valence-electron chi connectivity index (χ2n) is 3.27. The van der Waals surface area contributed by atoms with Crippen LogP contribution < -0.4 is 0 Å². The molecule has 0 spiro atoms. The average molecular weight is 221 g/mol. The summed E-state index contributed by atoms with van der Waals surface area (Å²) in [5.41, 5.74) is 1.19. The Morgan fingerprint density at radius 1 is 1.56 bits per heavy atom. The molecule has 0 aromatic heterocycles. The van der Waals surface area contributed by atoms with Crippen molar-refractivity contribution in [3.05, 3.63) is 45.5 Å². The molecular formula is C11H11NO4. The largest absolute Gasteiger partial charge is 0.481 e. The van der Waals surface area contributed by atoms with E-state index in [1.807, 2.05) is 0 Å². The van der Waals surface area contributed by atoms with Gasteiger partial charge in [0.25, 0.3) is 5.69 Å². The Balaban J connectivity index is 3.06. The molecule has 0 fully saturated rings. The average Bonchev–Trinajstić information content (AvgIpc) is 2.19. The second-order valence-corrected chi connectivity index (χ2v) is 3.27. The molecule has 16 heavy (non-hydrogen) atoms. The highest BCUT2D eigenvalue weighted by Gasteiger charge is 2.12. The van der Waals surface area contributed by atoms with Gasteiger partial charge < -0.3 is 5.11 Å². The Labute approximate surface area is 92.2 Å². The number of aryl methyl sites for hydroxylation is 1. The first-order chi connectivity index (χ1) is 7.52. The summed E-state index contributed by atoms with van der Waals surface area (Å²) in [7, 11) is 0. The molecule has 0 aliphatic rings. The van der Waals surface area contributed by atoms with E-state index in [-0.39, 0.29) is 12.1 Å². The molecule has 84 valence electrons. The van der Waals surface area contributed by atoms with Gasteiger partial charge in [0.05, 0.1) is 16.9 Å². The highest BCUT2D eigenvalue weighted by atomic mass is 16.6. The number of nitro benzene ring substituents is 1. The molecule has 0 aliphatic carbocycles. The Kier molecular flexibility index (Phi) is 3.77. The van der Waals surface area contributed by atoms with Crippen LogP contribution in [0.5, 0.6) is 0 Å². The van der Waals surface area contributed by atoms with Gasteiger partial charge in [-0.1, -0.05) is 24.3 Å². The molecule has 1 aromatic carbocycles. The molecule has 0 aliphatic heterocycles. The van der Waals surface area contributed by atoms with E-state index in [0.29, 0.717) is 5.56 Å². The molecule has 1 N–H and O–H groups in total. The molecule has 5 nitrogen and oxygen atoms in total. The zero-order chi connectivity index (χ0) is 12.1. The molecule has 0 saturated heterocycles. The van der Waals surface area contributed by atoms with Crippen LogP contribution in [0.4, 0.5) is 5.69 Å². The fourth-order valence-corrected chi connectivity index (χ4v) is 1.32. The predicted molar refractivity (Wildman–Crippen MR) is 59.1 cm³/mol. The zero-order valence-electron chi connectivity index (χ0n) is 8.71. The molecule has 0 radical (unpaired) electrons. The van der Waals surface area contributed by atoms with E-state index in [1.54, 1.807) is 19.1 Å². The molecule has 0 unspecified atom stereocenters. The SMILES string of the molecule is Cc1cccc([N+](=O)[O-])c1C=CCC(=O)O. The van der Waals surface area contributed by atoms with Crippen molar-refractivity contribution in [2.45, 2.75) is 13.3 Å². The number of aliphatic carboxylic acids is 1. The van der Waals surface area contributed by atoms with Gasteiger partial charge in [-0.15, -0.1) is 0 Å². The number of hydrogen-bond acceptors (Lipinski definition) is 3. The minimum atomic E-state index is -0.965. The van der Waals surface area contributed by atoms with Crippen molar-refractivity contribution in [1.29, 1.82) is 0 Å². The lowest BCUT2D eigenvalue weighted by atomic mass is 10.1. The van der Waals surface area contributed by atoms with Gasteiger partial charge >= 0.3 is 5.97 Å². The molecule has 0 bridgehead atoms. The van der Waals surface area contributed by atoms with Crippen molar-refractivity contribution in [3.63, 3.8) is 0 Å². The van der Waals surface area contributed by atoms with Gasteiger partial charge in [-0.2, -0.15) is 0 Å². The van der Waals surface area contributed by atoms with Gasteiger partial charge in [0.1, 0.15) is 0 Å². The van der Waals surface area contributed by atoms with Crippen LogP contribution in [-0.4, -0.2) is 16.0 Å². The summed E-state index contributed by atoms with van der Waals surface area (Å²) < 4.78 is 0. The Bertz CT molecular complexity index is 451. The lowest BCUT2D eigenvalue weighted by Crippen LogP contribution is -1.94. The topological polar surface area (TPSA) is 80.4 Å². The van der Waals surface area contributed by atoms with Crippen molar-refractivity contribution in [1.82, 2.24) is 0 Å². The minimum Gasteiger partial charge on any atom is -0.481 e. The van der Waals surface area contributed by atoms with Crippen molar-refractivity contribution in [2.75, 3.05) is 0 Å². The highest BCUT2D eigenvalue weighted by molar-refractivity contribution is 5.72. The third-order valence-corrected chi connectivity index (χ3v) is 2.07. The number of carboxylic acids is 1. The summed E-state index contributed by atoms with van der Waals surface area (Å²) in [5, 5.41) is 19.2. The van der Waals surface area contributed by atoms with Crippen molar-refractivity contribution in [3.8, 4) is 0 Å². The fraction of sp³-hybridized carbons (Fsp3) is 0.182.